The van der Waals surface area contributed by atoms with E-state index in [1.807, 2.05) is 25.6 Å². The number of ether oxygens (including phenoxy) is 1. The fraction of sp³-hybridized carbons (Fsp3) is 1.00. The highest BCUT2D eigenvalue weighted by atomic mass is 32.2. The van der Waals surface area contributed by atoms with Crippen molar-refractivity contribution in [1.82, 2.24) is 0 Å². The molecule has 3 heteroatoms. The van der Waals surface area contributed by atoms with Gasteiger partial charge in [-0.3, -0.25) is 0 Å². The van der Waals surface area contributed by atoms with Crippen molar-refractivity contribution < 1.29 is 9.84 Å². The predicted octanol–water partition coefficient (Wildman–Crippen LogP) is 2.06. The van der Waals surface area contributed by atoms with Gasteiger partial charge in [-0.2, -0.15) is 11.8 Å². The average Bonchev–Trinajstić information content (AvgIpc) is 2.17. The van der Waals surface area contributed by atoms with E-state index in [2.05, 4.69) is 0 Å². The summed E-state index contributed by atoms with van der Waals surface area (Å²) in [6.45, 7) is 5.74. The summed E-state index contributed by atoms with van der Waals surface area (Å²) in [5, 5.41) is 10.5. The lowest BCUT2D eigenvalue weighted by Crippen LogP contribution is -2.28. The van der Waals surface area contributed by atoms with Crippen molar-refractivity contribution in [2.75, 3.05) is 19.0 Å². The van der Waals surface area contributed by atoms with Gasteiger partial charge in [0.2, 0.25) is 0 Å². The summed E-state index contributed by atoms with van der Waals surface area (Å²) >= 11 is 1.90. The molecule has 1 N–H and O–H groups in total. The van der Waals surface area contributed by atoms with E-state index in [4.69, 9.17) is 4.74 Å². The molecule has 1 fully saturated rings. The fourth-order valence-corrected chi connectivity index (χ4v) is 2.57. The topological polar surface area (TPSA) is 29.5 Å². The Hall–Kier alpha value is 0.270. The van der Waals surface area contributed by atoms with Crippen LogP contribution in [-0.4, -0.2) is 34.9 Å². The van der Waals surface area contributed by atoms with Crippen molar-refractivity contribution in [3.8, 4) is 0 Å². The molecule has 1 saturated heterocycles. The molecule has 0 amide bonds. The fourth-order valence-electron chi connectivity index (χ4n) is 1.24. The van der Waals surface area contributed by atoms with Crippen LogP contribution in [0.1, 0.15) is 33.1 Å². The smallest absolute Gasteiger partial charge is 0.0707 e. The molecule has 1 heterocycles. The highest BCUT2D eigenvalue weighted by Gasteiger charge is 2.21. The Bertz CT molecular complexity index is 142. The molecule has 1 aliphatic rings. The largest absolute Gasteiger partial charge is 0.389 e. The van der Waals surface area contributed by atoms with Gasteiger partial charge in [0.25, 0.3) is 0 Å². The molecular formula is C10H20O2S. The molecule has 2 nitrogen and oxygen atoms in total. The first-order valence-electron chi connectivity index (χ1n) is 5.06. The standard InChI is InChI=1S/C10H20O2S/c1-3-10(2,11)8-13-9-4-6-12-7-5-9/h9,11H,3-8H2,1-2H3. The quantitative estimate of drug-likeness (QED) is 0.760. The molecular weight excluding hydrogens is 184 g/mol. The van der Waals surface area contributed by atoms with E-state index in [1.165, 1.54) is 0 Å². The van der Waals surface area contributed by atoms with Gasteiger partial charge in [-0.15, -0.1) is 0 Å². The Morgan fingerprint density at radius 1 is 1.46 bits per heavy atom. The molecule has 1 rings (SSSR count). The Balaban J connectivity index is 2.17. The molecule has 0 saturated carbocycles. The predicted molar refractivity (Wildman–Crippen MR) is 57.2 cm³/mol. The second-order valence-electron chi connectivity index (χ2n) is 3.97. The molecule has 0 aliphatic carbocycles. The maximum absolute atomic E-state index is 9.80. The van der Waals surface area contributed by atoms with Gasteiger partial charge in [0, 0.05) is 24.2 Å². The highest BCUT2D eigenvalue weighted by molar-refractivity contribution is 7.99. The molecule has 0 aromatic rings. The minimum atomic E-state index is -0.483. The zero-order chi connectivity index (χ0) is 9.73. The third-order valence-corrected chi connectivity index (χ3v) is 4.29. The highest BCUT2D eigenvalue weighted by Crippen LogP contribution is 2.26. The van der Waals surface area contributed by atoms with Crippen LogP contribution in [0, 0.1) is 0 Å². The second kappa shape index (κ2) is 5.23. The van der Waals surface area contributed by atoms with Gasteiger partial charge in [0.15, 0.2) is 0 Å². The first-order chi connectivity index (χ1) is 6.14. The van der Waals surface area contributed by atoms with Crippen molar-refractivity contribution >= 4 is 11.8 Å². The number of rotatable bonds is 4. The summed E-state index contributed by atoms with van der Waals surface area (Å²) < 4.78 is 5.28. The van der Waals surface area contributed by atoms with Gasteiger partial charge in [-0.25, -0.2) is 0 Å². The van der Waals surface area contributed by atoms with Crippen molar-refractivity contribution in [2.45, 2.75) is 44.0 Å². The maximum Gasteiger partial charge on any atom is 0.0707 e. The molecule has 13 heavy (non-hydrogen) atoms. The Labute approximate surface area is 85.0 Å². The molecule has 0 radical (unpaired) electrons. The van der Waals surface area contributed by atoms with Crippen LogP contribution < -0.4 is 0 Å². The SMILES string of the molecule is CCC(C)(O)CSC1CCOCC1. The summed E-state index contributed by atoms with van der Waals surface area (Å²) in [7, 11) is 0. The lowest BCUT2D eigenvalue weighted by Gasteiger charge is -2.26. The molecule has 0 spiro atoms. The van der Waals surface area contributed by atoms with Crippen LogP contribution in [0.2, 0.25) is 0 Å². The maximum atomic E-state index is 9.80. The van der Waals surface area contributed by atoms with Crippen LogP contribution in [0.5, 0.6) is 0 Å². The Morgan fingerprint density at radius 2 is 2.08 bits per heavy atom. The van der Waals surface area contributed by atoms with E-state index in [0.29, 0.717) is 5.25 Å². The number of hydrogen-bond donors (Lipinski definition) is 1. The van der Waals surface area contributed by atoms with E-state index in [0.717, 1.165) is 38.2 Å². The number of aliphatic hydroxyl groups is 1. The summed E-state index contributed by atoms with van der Waals surface area (Å²) in [4.78, 5) is 0. The van der Waals surface area contributed by atoms with Gasteiger partial charge in [-0.1, -0.05) is 6.92 Å². The van der Waals surface area contributed by atoms with Gasteiger partial charge in [0.05, 0.1) is 5.60 Å². The molecule has 1 unspecified atom stereocenters. The summed E-state index contributed by atoms with van der Waals surface area (Å²) in [6.07, 6.45) is 3.12. The lowest BCUT2D eigenvalue weighted by atomic mass is 10.1. The number of thioether (sulfide) groups is 1. The minimum absolute atomic E-state index is 0.483. The molecule has 0 aromatic heterocycles. The van der Waals surface area contributed by atoms with Gasteiger partial charge < -0.3 is 9.84 Å². The molecule has 0 aromatic carbocycles. The van der Waals surface area contributed by atoms with Crippen molar-refractivity contribution in [1.29, 1.82) is 0 Å². The average molecular weight is 204 g/mol. The van der Waals surface area contributed by atoms with Gasteiger partial charge in [-0.05, 0) is 26.2 Å². The monoisotopic (exact) mass is 204 g/mol. The summed E-state index contributed by atoms with van der Waals surface area (Å²) in [5.74, 6) is 0.855. The van der Waals surface area contributed by atoms with E-state index >= 15 is 0 Å². The number of hydrogen-bond acceptors (Lipinski definition) is 3. The summed E-state index contributed by atoms with van der Waals surface area (Å²) in [6, 6.07) is 0. The first kappa shape index (κ1) is 11.3. The first-order valence-corrected chi connectivity index (χ1v) is 6.10. The van der Waals surface area contributed by atoms with Crippen LogP contribution in [-0.2, 0) is 4.74 Å². The zero-order valence-electron chi connectivity index (χ0n) is 8.58. The van der Waals surface area contributed by atoms with Crippen LogP contribution in [0.3, 0.4) is 0 Å². The Morgan fingerprint density at radius 3 is 2.62 bits per heavy atom. The third-order valence-electron chi connectivity index (χ3n) is 2.56. The van der Waals surface area contributed by atoms with Gasteiger partial charge in [0.1, 0.15) is 0 Å². The minimum Gasteiger partial charge on any atom is -0.389 e. The van der Waals surface area contributed by atoms with Crippen LogP contribution in [0.25, 0.3) is 0 Å². The normalized spacial score (nSPS) is 24.2. The van der Waals surface area contributed by atoms with Crippen molar-refractivity contribution in [3.05, 3.63) is 0 Å². The molecule has 78 valence electrons. The Kier molecular flexibility index (Phi) is 4.56. The van der Waals surface area contributed by atoms with Crippen molar-refractivity contribution in [3.63, 3.8) is 0 Å². The zero-order valence-corrected chi connectivity index (χ0v) is 9.40. The molecule has 1 atom stereocenters. The van der Waals surface area contributed by atoms with Crippen LogP contribution >= 0.6 is 11.8 Å². The van der Waals surface area contributed by atoms with E-state index in [9.17, 15) is 5.11 Å². The lowest BCUT2D eigenvalue weighted by molar-refractivity contribution is 0.0800. The third kappa shape index (κ3) is 4.34. The van der Waals surface area contributed by atoms with E-state index < -0.39 is 5.60 Å². The van der Waals surface area contributed by atoms with Gasteiger partial charge >= 0.3 is 0 Å². The second-order valence-corrected chi connectivity index (χ2v) is 5.26. The molecule has 0 bridgehead atoms. The van der Waals surface area contributed by atoms with Crippen LogP contribution in [0.15, 0.2) is 0 Å². The van der Waals surface area contributed by atoms with E-state index in [-0.39, 0.29) is 0 Å². The summed E-state index contributed by atoms with van der Waals surface area (Å²) in [5.41, 5.74) is -0.483. The van der Waals surface area contributed by atoms with Crippen LogP contribution in [0.4, 0.5) is 0 Å². The van der Waals surface area contributed by atoms with E-state index in [1.54, 1.807) is 0 Å². The van der Waals surface area contributed by atoms with Crippen molar-refractivity contribution in [2.24, 2.45) is 0 Å². The molecule has 1 aliphatic heterocycles.